The first-order chi connectivity index (χ1) is 9.19. The van der Waals surface area contributed by atoms with Crippen LogP contribution < -0.4 is 4.74 Å². The number of benzene rings is 1. The fraction of sp³-hybridized carbons (Fsp3) is 0.286. The summed E-state index contributed by atoms with van der Waals surface area (Å²) >= 11 is 0. The van der Waals surface area contributed by atoms with Crippen LogP contribution >= 0.6 is 0 Å². The van der Waals surface area contributed by atoms with Gasteiger partial charge in [0.25, 0.3) is 0 Å². The Morgan fingerprint density at radius 2 is 2.05 bits per heavy atom. The summed E-state index contributed by atoms with van der Waals surface area (Å²) < 4.78 is 6.90. The van der Waals surface area contributed by atoms with Crippen molar-refractivity contribution in [3.63, 3.8) is 0 Å². The third-order valence-corrected chi connectivity index (χ3v) is 2.56. The lowest BCUT2D eigenvalue weighted by molar-refractivity contribution is -0.137. The first kappa shape index (κ1) is 13.1. The van der Waals surface area contributed by atoms with E-state index in [1.165, 1.54) is 4.68 Å². The highest BCUT2D eigenvalue weighted by Crippen LogP contribution is 2.20. The molecule has 0 amide bonds. The molecule has 1 aromatic heterocycles. The number of ether oxygens (including phenoxy) is 1. The van der Waals surface area contributed by atoms with Crippen LogP contribution in [-0.2, 0) is 11.3 Å². The Morgan fingerprint density at radius 1 is 1.32 bits per heavy atom. The predicted molar refractivity (Wildman–Crippen MR) is 71.1 cm³/mol. The van der Waals surface area contributed by atoms with Gasteiger partial charge in [-0.1, -0.05) is 6.92 Å². The number of carbonyl (C=O) groups is 1. The smallest absolute Gasteiger partial charge is 0.325 e. The molecule has 0 aliphatic carbocycles. The van der Waals surface area contributed by atoms with Crippen molar-refractivity contribution in [2.75, 3.05) is 6.61 Å². The van der Waals surface area contributed by atoms with E-state index in [1.807, 2.05) is 24.3 Å². The number of aliphatic carboxylic acids is 1. The molecule has 0 fully saturated rings. The normalized spacial score (nSPS) is 10.4. The maximum absolute atomic E-state index is 10.6. The van der Waals surface area contributed by atoms with E-state index in [0.717, 1.165) is 23.4 Å². The number of nitrogens with zero attached hydrogens (tertiary/aromatic N) is 2. The van der Waals surface area contributed by atoms with E-state index >= 15 is 0 Å². The van der Waals surface area contributed by atoms with Crippen molar-refractivity contribution >= 4 is 5.97 Å². The molecule has 0 bridgehead atoms. The Kier molecular flexibility index (Phi) is 4.18. The second-order valence-corrected chi connectivity index (χ2v) is 4.17. The van der Waals surface area contributed by atoms with Crippen LogP contribution in [0.4, 0.5) is 0 Å². The minimum atomic E-state index is -0.905. The summed E-state index contributed by atoms with van der Waals surface area (Å²) in [5, 5.41) is 12.9. The van der Waals surface area contributed by atoms with Gasteiger partial charge in [-0.3, -0.25) is 9.48 Å². The molecule has 0 atom stereocenters. The van der Waals surface area contributed by atoms with Crippen LogP contribution in [0.2, 0.25) is 0 Å². The molecule has 0 saturated carbocycles. The lowest BCUT2D eigenvalue weighted by atomic mass is 10.1. The van der Waals surface area contributed by atoms with Gasteiger partial charge in [0, 0.05) is 11.8 Å². The van der Waals surface area contributed by atoms with Crippen molar-refractivity contribution in [1.29, 1.82) is 0 Å². The first-order valence-corrected chi connectivity index (χ1v) is 6.17. The van der Waals surface area contributed by atoms with E-state index in [2.05, 4.69) is 12.0 Å². The van der Waals surface area contributed by atoms with Crippen LogP contribution in [-0.4, -0.2) is 27.5 Å². The molecular formula is C14H16N2O3. The molecule has 100 valence electrons. The van der Waals surface area contributed by atoms with Gasteiger partial charge in [0.05, 0.1) is 12.3 Å². The summed E-state index contributed by atoms with van der Waals surface area (Å²) in [5.41, 5.74) is 1.69. The number of hydrogen-bond donors (Lipinski definition) is 1. The number of carboxylic acids is 1. The summed E-state index contributed by atoms with van der Waals surface area (Å²) in [6, 6.07) is 9.41. The van der Waals surface area contributed by atoms with E-state index in [1.54, 1.807) is 12.3 Å². The van der Waals surface area contributed by atoms with Crippen molar-refractivity contribution in [2.45, 2.75) is 19.9 Å². The lowest BCUT2D eigenvalue weighted by Gasteiger charge is -2.04. The van der Waals surface area contributed by atoms with Crippen LogP contribution in [0.25, 0.3) is 11.3 Å². The molecule has 2 rings (SSSR count). The van der Waals surface area contributed by atoms with Crippen LogP contribution in [0.3, 0.4) is 0 Å². The van der Waals surface area contributed by atoms with Crippen molar-refractivity contribution in [3.8, 4) is 17.0 Å². The fourth-order valence-corrected chi connectivity index (χ4v) is 1.68. The largest absolute Gasteiger partial charge is 0.494 e. The van der Waals surface area contributed by atoms with Crippen molar-refractivity contribution in [3.05, 3.63) is 36.5 Å². The quantitative estimate of drug-likeness (QED) is 0.866. The van der Waals surface area contributed by atoms with Gasteiger partial charge in [-0.05, 0) is 36.8 Å². The number of aromatic nitrogens is 2. The van der Waals surface area contributed by atoms with Gasteiger partial charge < -0.3 is 9.84 Å². The average Bonchev–Trinajstić information content (AvgIpc) is 2.84. The summed E-state index contributed by atoms with van der Waals surface area (Å²) in [6.07, 6.45) is 2.63. The highest BCUT2D eigenvalue weighted by molar-refractivity contribution is 5.66. The van der Waals surface area contributed by atoms with Gasteiger partial charge in [0.1, 0.15) is 12.3 Å². The molecule has 0 saturated heterocycles. The second-order valence-electron chi connectivity index (χ2n) is 4.17. The molecule has 1 aromatic carbocycles. The maximum Gasteiger partial charge on any atom is 0.325 e. The molecule has 0 spiro atoms. The van der Waals surface area contributed by atoms with Crippen LogP contribution in [0.1, 0.15) is 13.3 Å². The molecule has 1 heterocycles. The third kappa shape index (κ3) is 3.58. The summed E-state index contributed by atoms with van der Waals surface area (Å²) in [4.78, 5) is 10.6. The predicted octanol–water partition coefficient (Wildman–Crippen LogP) is 2.42. The molecule has 0 aliphatic heterocycles. The first-order valence-electron chi connectivity index (χ1n) is 6.17. The van der Waals surface area contributed by atoms with Crippen LogP contribution in [0.5, 0.6) is 5.75 Å². The number of rotatable bonds is 6. The zero-order valence-corrected chi connectivity index (χ0v) is 10.7. The Morgan fingerprint density at radius 3 is 2.68 bits per heavy atom. The molecule has 0 unspecified atom stereocenters. The second kappa shape index (κ2) is 6.04. The molecule has 1 N–H and O–H groups in total. The van der Waals surface area contributed by atoms with Gasteiger partial charge in [-0.25, -0.2) is 0 Å². The third-order valence-electron chi connectivity index (χ3n) is 2.56. The van der Waals surface area contributed by atoms with E-state index in [9.17, 15) is 4.79 Å². The molecule has 2 aromatic rings. The monoisotopic (exact) mass is 260 g/mol. The zero-order chi connectivity index (χ0) is 13.7. The molecule has 0 aliphatic rings. The summed E-state index contributed by atoms with van der Waals surface area (Å²) in [6.45, 7) is 2.63. The molecule has 0 radical (unpaired) electrons. The number of carboxylic acid groups (broad SMARTS) is 1. The minimum absolute atomic E-state index is 0.127. The maximum atomic E-state index is 10.6. The van der Waals surface area contributed by atoms with Gasteiger partial charge >= 0.3 is 5.97 Å². The topological polar surface area (TPSA) is 64.3 Å². The molecular weight excluding hydrogens is 244 g/mol. The highest BCUT2D eigenvalue weighted by atomic mass is 16.5. The van der Waals surface area contributed by atoms with Crippen molar-refractivity contribution in [2.24, 2.45) is 0 Å². The Balaban J connectivity index is 2.09. The zero-order valence-electron chi connectivity index (χ0n) is 10.7. The Bertz CT molecular complexity index is 546. The van der Waals surface area contributed by atoms with Gasteiger partial charge in [0.2, 0.25) is 0 Å². The fourth-order valence-electron chi connectivity index (χ4n) is 1.68. The molecule has 5 heteroatoms. The Hall–Kier alpha value is -2.30. The summed E-state index contributed by atoms with van der Waals surface area (Å²) in [7, 11) is 0. The number of hydrogen-bond acceptors (Lipinski definition) is 3. The van der Waals surface area contributed by atoms with E-state index in [-0.39, 0.29) is 6.54 Å². The Labute approximate surface area is 111 Å². The van der Waals surface area contributed by atoms with Crippen LogP contribution in [0, 0.1) is 0 Å². The average molecular weight is 260 g/mol. The van der Waals surface area contributed by atoms with Gasteiger partial charge in [-0.15, -0.1) is 0 Å². The standard InChI is InChI=1S/C14H16N2O3/c1-2-9-19-12-5-3-11(4-6-12)13-7-8-16(15-13)10-14(17)18/h3-8H,2,9-10H2,1H3,(H,17,18). The van der Waals surface area contributed by atoms with Crippen LogP contribution in [0.15, 0.2) is 36.5 Å². The molecule has 5 nitrogen and oxygen atoms in total. The lowest BCUT2D eigenvalue weighted by Crippen LogP contribution is -2.08. The van der Waals surface area contributed by atoms with E-state index in [4.69, 9.17) is 9.84 Å². The van der Waals surface area contributed by atoms with Gasteiger partial charge in [-0.2, -0.15) is 5.10 Å². The van der Waals surface area contributed by atoms with Gasteiger partial charge in [0.15, 0.2) is 0 Å². The van der Waals surface area contributed by atoms with Crippen molar-refractivity contribution in [1.82, 2.24) is 9.78 Å². The van der Waals surface area contributed by atoms with Crippen molar-refractivity contribution < 1.29 is 14.6 Å². The van der Waals surface area contributed by atoms with E-state index in [0.29, 0.717) is 6.61 Å². The highest BCUT2D eigenvalue weighted by Gasteiger charge is 2.05. The van der Waals surface area contributed by atoms with E-state index < -0.39 is 5.97 Å². The summed E-state index contributed by atoms with van der Waals surface area (Å²) in [5.74, 6) is -0.0754. The molecule has 19 heavy (non-hydrogen) atoms. The SMILES string of the molecule is CCCOc1ccc(-c2ccn(CC(=O)O)n2)cc1. The minimum Gasteiger partial charge on any atom is -0.494 e.